The van der Waals surface area contributed by atoms with E-state index in [0.29, 0.717) is 0 Å². The van der Waals surface area contributed by atoms with Crippen LogP contribution in [-0.2, 0) is 37.3 Å². The van der Waals surface area contributed by atoms with Crippen molar-refractivity contribution in [1.82, 2.24) is 19.5 Å². The Bertz CT molecular complexity index is 3250. The Morgan fingerprint density at radius 3 is 1.29 bits per heavy atom. The van der Waals surface area contributed by atoms with Gasteiger partial charge in [-0.2, -0.15) is 26.3 Å². The van der Waals surface area contributed by atoms with Crippen molar-refractivity contribution < 1.29 is 69.4 Å². The first-order valence-corrected chi connectivity index (χ1v) is 21.5. The SMILES string of the molecule is C1=Cc2cc3c(-c4ccccc4)c(-c4ccccc4)c(c(-c4ccccc4)c4nc(cc5ccc(cc1n2)[nH]5)C=C4)n3-c1ccccc1.O=S(=O)([O-])C(F)(F)F.O=S(=O)([O-])C(F)(F)F.[Fe+2]. The van der Waals surface area contributed by atoms with Gasteiger partial charge in [-0.05, 0) is 83.5 Å². The van der Waals surface area contributed by atoms with Crippen LogP contribution in [0.1, 0.15) is 22.8 Å². The monoisotopic (exact) mass is 968 g/mol. The number of alkyl halides is 6. The van der Waals surface area contributed by atoms with Crippen LogP contribution in [0.25, 0.3) is 85.4 Å². The standard InChI is InChI=1S/C44H30N4.2CHF3O3S.Fe/c1-5-13-30(14-6-1)41-39-26-25-36(47-39)28-35-22-21-33(45-35)27-34-23-24-37(46-34)29-40-42(31-15-7-2-8-16-31)43(32-17-9-3-10-18-32)44(41)48(40)38-19-11-4-12-20-38;2*2-1(3,4)8(5,6)7;/h1-29,45H;2*(H,5,6,7);/q;;;+2/p-2. The zero-order valence-electron chi connectivity index (χ0n) is 33.0. The van der Waals surface area contributed by atoms with Crippen LogP contribution in [0, 0.1) is 0 Å². The number of hydrogen-bond acceptors (Lipinski definition) is 8. The van der Waals surface area contributed by atoms with Gasteiger partial charge in [-0.15, -0.1) is 0 Å². The number of rotatable bonds is 4. The average molecular weight is 969 g/mol. The maximum atomic E-state index is 10.7. The number of nitrogens with zero attached hydrogens (tertiary/aromatic N) is 3. The van der Waals surface area contributed by atoms with Gasteiger partial charge in [-0.25, -0.2) is 26.8 Å². The number of para-hydroxylation sites is 1. The van der Waals surface area contributed by atoms with Crippen LogP contribution >= 0.6 is 0 Å². The molecule has 65 heavy (non-hydrogen) atoms. The molecule has 0 spiro atoms. The molecule has 0 atom stereocenters. The van der Waals surface area contributed by atoms with Gasteiger partial charge in [0.25, 0.3) is 0 Å². The first kappa shape index (κ1) is 47.9. The summed E-state index contributed by atoms with van der Waals surface area (Å²) in [4.78, 5) is 13.9. The molecule has 0 unspecified atom stereocenters. The first-order chi connectivity index (χ1) is 30.3. The van der Waals surface area contributed by atoms with Crippen LogP contribution in [0.15, 0.2) is 152 Å². The van der Waals surface area contributed by atoms with E-state index in [4.69, 9.17) is 35.9 Å². The van der Waals surface area contributed by atoms with E-state index in [-0.39, 0.29) is 17.1 Å². The molecule has 3 aromatic heterocycles. The van der Waals surface area contributed by atoms with Gasteiger partial charge in [0.05, 0.1) is 33.8 Å². The van der Waals surface area contributed by atoms with Crippen molar-refractivity contribution in [3.05, 3.63) is 174 Å². The van der Waals surface area contributed by atoms with E-state index in [1.54, 1.807) is 0 Å². The smallest absolute Gasteiger partial charge is 0.741 e. The van der Waals surface area contributed by atoms with Gasteiger partial charge in [0, 0.05) is 33.4 Å². The van der Waals surface area contributed by atoms with E-state index in [1.165, 1.54) is 0 Å². The zero-order chi connectivity index (χ0) is 45.9. The number of fused-ring (bicyclic) bond motifs is 8. The first-order valence-electron chi connectivity index (χ1n) is 18.7. The topological polar surface area (TPSA) is 161 Å². The molecule has 4 aromatic carbocycles. The Kier molecular flexibility index (Phi) is 14.2. The molecule has 0 saturated carbocycles. The number of nitrogens with one attached hydrogen (secondary N) is 1. The van der Waals surface area contributed by atoms with Gasteiger partial charge in [-0.3, -0.25) is 0 Å². The van der Waals surface area contributed by atoms with Gasteiger partial charge in [0.15, 0.2) is 20.2 Å². The fourth-order valence-corrected chi connectivity index (χ4v) is 6.81. The van der Waals surface area contributed by atoms with Gasteiger partial charge >= 0.3 is 28.1 Å². The van der Waals surface area contributed by atoms with Gasteiger partial charge in [-0.1, -0.05) is 109 Å². The van der Waals surface area contributed by atoms with Crippen LogP contribution in [0.5, 0.6) is 0 Å². The average Bonchev–Trinajstić information content (AvgIpc) is 4.06. The molecule has 0 amide bonds. The Hall–Kier alpha value is -6.60. The Balaban J connectivity index is 0.000000354. The summed E-state index contributed by atoms with van der Waals surface area (Å²) in [6.07, 6.45) is 8.44. The van der Waals surface area contributed by atoms with E-state index >= 15 is 0 Å². The number of aromatic amines is 1. The van der Waals surface area contributed by atoms with Crippen molar-refractivity contribution in [2.24, 2.45) is 0 Å². The Labute approximate surface area is 378 Å². The van der Waals surface area contributed by atoms with Gasteiger partial charge in [0.1, 0.15) is 0 Å². The Morgan fingerprint density at radius 2 is 0.846 bits per heavy atom. The third-order valence-corrected chi connectivity index (χ3v) is 10.6. The molecule has 8 bridgehead atoms. The zero-order valence-corrected chi connectivity index (χ0v) is 35.7. The van der Waals surface area contributed by atoms with Crippen molar-refractivity contribution in [2.45, 2.75) is 11.0 Å². The minimum absolute atomic E-state index is 0. The van der Waals surface area contributed by atoms with Crippen molar-refractivity contribution in [1.29, 1.82) is 0 Å². The van der Waals surface area contributed by atoms with Crippen LogP contribution < -0.4 is 0 Å². The second kappa shape index (κ2) is 19.2. The predicted molar refractivity (Wildman–Crippen MR) is 232 cm³/mol. The molecule has 10 nitrogen and oxygen atoms in total. The van der Waals surface area contributed by atoms with Crippen molar-refractivity contribution in [2.75, 3.05) is 0 Å². The molecule has 0 aliphatic carbocycles. The number of benzene rings is 4. The maximum absolute atomic E-state index is 10.7. The molecule has 0 fully saturated rings. The fourth-order valence-electron chi connectivity index (χ4n) is 6.81. The molecule has 5 heterocycles. The number of H-pyrrole nitrogens is 1. The number of halogens is 6. The van der Waals surface area contributed by atoms with E-state index in [0.717, 1.165) is 83.9 Å². The quantitative estimate of drug-likeness (QED) is 0.0789. The summed E-state index contributed by atoms with van der Waals surface area (Å²) in [5.41, 5.74) is 4.13. The molecule has 2 aliphatic rings. The molecule has 1 N–H and O–H groups in total. The second-order valence-electron chi connectivity index (χ2n) is 13.8. The van der Waals surface area contributed by atoms with E-state index in [1.807, 2.05) is 0 Å². The molecular weight excluding hydrogens is 938 g/mol. The molecule has 7 aromatic rings. The number of aromatic nitrogens is 4. The number of hydrogen-bond donors (Lipinski definition) is 1. The minimum atomic E-state index is -6.09. The molecule has 9 rings (SSSR count). The van der Waals surface area contributed by atoms with Gasteiger partial charge in [0.2, 0.25) is 0 Å². The van der Waals surface area contributed by atoms with Crippen LogP contribution in [0.3, 0.4) is 0 Å². The molecule has 0 saturated heterocycles. The summed E-state index contributed by atoms with van der Waals surface area (Å²) in [7, 11) is -12.2. The fraction of sp³-hybridized carbons (Fsp3) is 0.0435. The summed E-state index contributed by atoms with van der Waals surface area (Å²) < 4.78 is 120. The van der Waals surface area contributed by atoms with Crippen molar-refractivity contribution >= 4 is 66.6 Å². The maximum Gasteiger partial charge on any atom is 2.00 e. The Morgan fingerprint density at radius 1 is 0.477 bits per heavy atom. The predicted octanol–water partition coefficient (Wildman–Crippen LogP) is 11.2. The molecule has 332 valence electrons. The molecule has 0 radical (unpaired) electrons. The summed E-state index contributed by atoms with van der Waals surface area (Å²) in [5, 5.41) is 0. The minimum Gasteiger partial charge on any atom is -0.741 e. The van der Waals surface area contributed by atoms with E-state index in [9.17, 15) is 26.3 Å². The van der Waals surface area contributed by atoms with Crippen LogP contribution in [0.4, 0.5) is 26.3 Å². The summed E-state index contributed by atoms with van der Waals surface area (Å²) in [6, 6.07) is 53.3. The van der Waals surface area contributed by atoms with Gasteiger partial charge < -0.3 is 18.7 Å². The van der Waals surface area contributed by atoms with E-state index < -0.39 is 31.3 Å². The van der Waals surface area contributed by atoms with Crippen molar-refractivity contribution in [3.63, 3.8) is 0 Å². The molecule has 2 aliphatic heterocycles. The normalized spacial score (nSPS) is 12.3. The third-order valence-electron chi connectivity index (χ3n) is 9.44. The van der Waals surface area contributed by atoms with Crippen LogP contribution in [0.2, 0.25) is 0 Å². The largest absolute Gasteiger partial charge is 2.00 e. The molecular formula is C46H30F6FeN4O6S2. The van der Waals surface area contributed by atoms with E-state index in [2.05, 4.69) is 186 Å². The summed E-state index contributed by atoms with van der Waals surface area (Å²) >= 11 is 0. The summed E-state index contributed by atoms with van der Waals surface area (Å²) in [5.74, 6) is 0. The summed E-state index contributed by atoms with van der Waals surface area (Å²) in [6.45, 7) is 0. The second-order valence-corrected chi connectivity index (χ2v) is 16.5. The third kappa shape index (κ3) is 11.0. The molecule has 19 heteroatoms. The van der Waals surface area contributed by atoms with Crippen molar-refractivity contribution in [3.8, 4) is 39.1 Å². The van der Waals surface area contributed by atoms with Crippen LogP contribution in [-0.4, -0.2) is 56.5 Å².